The highest BCUT2D eigenvalue weighted by molar-refractivity contribution is 6.18. The number of aromatic amines is 1. The number of nitrogens with zero attached hydrogens (tertiary/aromatic N) is 3. The number of nitrogens with two attached hydrogens (primary N) is 1. The molecule has 208 valence electrons. The van der Waals surface area contributed by atoms with Crippen LogP contribution >= 0.6 is 0 Å². The average Bonchev–Trinajstić information content (AvgIpc) is 3.40. The largest absolute Gasteiger partial charge is 0.390 e. The number of hydrogen-bond acceptors (Lipinski definition) is 5. The van der Waals surface area contributed by atoms with E-state index in [0.717, 1.165) is 92.1 Å². The predicted octanol–water partition coefficient (Wildman–Crippen LogP) is 4.70. The minimum atomic E-state index is -0.611. The molecular weight excluding hydrogens is 490 g/mol. The van der Waals surface area contributed by atoms with Crippen LogP contribution in [-0.2, 0) is 4.79 Å². The third-order valence-corrected chi connectivity index (χ3v) is 9.61. The van der Waals surface area contributed by atoms with E-state index in [1.54, 1.807) is 6.20 Å². The Hall–Kier alpha value is -3.13. The van der Waals surface area contributed by atoms with Crippen LogP contribution in [0.25, 0.3) is 21.8 Å². The van der Waals surface area contributed by atoms with E-state index in [0.29, 0.717) is 23.9 Å². The molecule has 8 nitrogen and oxygen atoms in total. The molecule has 1 spiro atoms. The second kappa shape index (κ2) is 9.51. The monoisotopic (exact) mass is 531 g/mol. The highest BCUT2D eigenvalue weighted by Gasteiger charge is 2.48. The molecule has 3 aromatic rings. The molecule has 6 rings (SSSR count). The second-order valence-electron chi connectivity index (χ2n) is 13.1. The third kappa shape index (κ3) is 4.66. The maximum Gasteiger partial charge on any atom is 0.252 e. The fraction of sp³-hybridized carbons (Fsp3) is 0.581. The van der Waals surface area contributed by atoms with Crippen molar-refractivity contribution in [3.05, 3.63) is 35.5 Å². The van der Waals surface area contributed by atoms with Crippen LogP contribution in [-0.4, -0.2) is 64.1 Å². The molecule has 0 unspecified atom stereocenters. The predicted molar refractivity (Wildman–Crippen MR) is 154 cm³/mol. The van der Waals surface area contributed by atoms with Crippen LogP contribution in [0.4, 0.5) is 5.82 Å². The highest BCUT2D eigenvalue weighted by Crippen LogP contribution is 2.44. The van der Waals surface area contributed by atoms with E-state index in [9.17, 15) is 14.7 Å². The van der Waals surface area contributed by atoms with E-state index in [-0.39, 0.29) is 11.3 Å². The molecule has 2 aliphatic heterocycles. The van der Waals surface area contributed by atoms with Gasteiger partial charge in [-0.05, 0) is 88.7 Å². The van der Waals surface area contributed by atoms with Crippen LogP contribution in [0.3, 0.4) is 0 Å². The van der Waals surface area contributed by atoms with Gasteiger partial charge in [-0.2, -0.15) is 0 Å². The molecule has 39 heavy (non-hydrogen) atoms. The standard InChI is InChI=1S/C31H41N5O3/c1-30(2,39)16-19-5-7-20(8-6-19)21-9-10-22-24(15-21)34-26-23(27(32)37)17-33-28(25(22)26)36-13-4-11-31(18-36)12-14-35(3)29(31)38/h9-10,15,17,19-20,34,39H,4-8,11-14,16,18H2,1-3H3,(H2,32,37)/t19?,20?,31-/m1/s1. The fourth-order valence-electron chi connectivity index (χ4n) is 7.68. The van der Waals surface area contributed by atoms with Crippen LogP contribution in [0.5, 0.6) is 0 Å². The smallest absolute Gasteiger partial charge is 0.252 e. The summed E-state index contributed by atoms with van der Waals surface area (Å²) in [6.45, 7) is 6.08. The molecule has 3 fully saturated rings. The highest BCUT2D eigenvalue weighted by atomic mass is 16.3. The van der Waals surface area contributed by atoms with E-state index in [1.165, 1.54) is 5.56 Å². The van der Waals surface area contributed by atoms with Crippen molar-refractivity contribution >= 4 is 39.4 Å². The van der Waals surface area contributed by atoms with Gasteiger partial charge in [0.25, 0.3) is 5.91 Å². The minimum Gasteiger partial charge on any atom is -0.390 e. The Kier molecular flexibility index (Phi) is 6.36. The lowest BCUT2D eigenvalue weighted by Gasteiger charge is -2.39. The second-order valence-corrected chi connectivity index (χ2v) is 13.1. The number of rotatable bonds is 5. The van der Waals surface area contributed by atoms with Gasteiger partial charge in [-0.1, -0.05) is 12.1 Å². The number of aromatic nitrogens is 2. The minimum absolute atomic E-state index is 0.234. The number of piperidine rings is 1. The Bertz CT molecular complexity index is 1430. The number of amides is 2. The molecule has 0 bridgehead atoms. The molecule has 2 aromatic heterocycles. The number of carbonyl (C=O) groups is 2. The van der Waals surface area contributed by atoms with Crippen molar-refractivity contribution < 1.29 is 14.7 Å². The summed E-state index contributed by atoms with van der Waals surface area (Å²) in [6.07, 6.45) is 9.64. The van der Waals surface area contributed by atoms with Crippen LogP contribution in [0, 0.1) is 11.3 Å². The Morgan fingerprint density at radius 2 is 1.97 bits per heavy atom. The van der Waals surface area contributed by atoms with E-state index in [1.807, 2.05) is 25.8 Å². The van der Waals surface area contributed by atoms with Gasteiger partial charge < -0.3 is 25.6 Å². The lowest BCUT2D eigenvalue weighted by molar-refractivity contribution is -0.135. The zero-order valence-corrected chi connectivity index (χ0v) is 23.4. The lowest BCUT2D eigenvalue weighted by atomic mass is 9.75. The molecule has 4 heterocycles. The van der Waals surface area contributed by atoms with Crippen molar-refractivity contribution in [3.63, 3.8) is 0 Å². The zero-order chi connectivity index (χ0) is 27.5. The van der Waals surface area contributed by atoms with Gasteiger partial charge in [0.15, 0.2) is 0 Å². The summed E-state index contributed by atoms with van der Waals surface area (Å²) in [5.74, 6) is 1.61. The summed E-state index contributed by atoms with van der Waals surface area (Å²) in [5, 5.41) is 12.2. The molecule has 2 saturated heterocycles. The Morgan fingerprint density at radius 3 is 2.64 bits per heavy atom. The number of fused-ring (bicyclic) bond motifs is 3. The van der Waals surface area contributed by atoms with Gasteiger partial charge in [0.05, 0.1) is 27.5 Å². The number of primary amides is 1. The molecule has 1 saturated carbocycles. The lowest BCUT2D eigenvalue weighted by Crippen LogP contribution is -2.47. The first-order valence-corrected chi connectivity index (χ1v) is 14.5. The number of carbonyl (C=O) groups excluding carboxylic acids is 2. The summed E-state index contributed by atoms with van der Waals surface area (Å²) in [7, 11) is 1.89. The fourth-order valence-corrected chi connectivity index (χ4v) is 7.68. The van der Waals surface area contributed by atoms with Crippen molar-refractivity contribution in [3.8, 4) is 0 Å². The van der Waals surface area contributed by atoms with Crippen molar-refractivity contribution in [2.24, 2.45) is 17.1 Å². The van der Waals surface area contributed by atoms with Gasteiger partial charge in [-0.15, -0.1) is 0 Å². The molecule has 8 heteroatoms. The Balaban J connectivity index is 1.35. The molecule has 3 aliphatic rings. The zero-order valence-electron chi connectivity index (χ0n) is 23.4. The van der Waals surface area contributed by atoms with Crippen molar-refractivity contribution in [2.45, 2.75) is 76.7 Å². The van der Waals surface area contributed by atoms with Crippen LogP contribution < -0.4 is 10.6 Å². The first-order valence-electron chi connectivity index (χ1n) is 14.5. The number of nitrogens with one attached hydrogen (secondary N) is 1. The van der Waals surface area contributed by atoms with Crippen molar-refractivity contribution in [2.75, 3.05) is 31.6 Å². The number of H-pyrrole nitrogens is 1. The topological polar surface area (TPSA) is 116 Å². The number of hydrogen-bond donors (Lipinski definition) is 3. The third-order valence-electron chi connectivity index (χ3n) is 9.61. The molecule has 1 aromatic carbocycles. The summed E-state index contributed by atoms with van der Waals surface area (Å²) >= 11 is 0. The van der Waals surface area contributed by atoms with Gasteiger partial charge in [0.2, 0.25) is 5.91 Å². The summed E-state index contributed by atoms with van der Waals surface area (Å²) in [4.78, 5) is 37.9. The number of anilines is 1. The quantitative estimate of drug-likeness (QED) is 0.441. The van der Waals surface area contributed by atoms with Gasteiger partial charge >= 0.3 is 0 Å². The number of likely N-dealkylation sites (tertiary alicyclic amines) is 1. The molecule has 4 N–H and O–H groups in total. The summed E-state index contributed by atoms with van der Waals surface area (Å²) < 4.78 is 0. The summed E-state index contributed by atoms with van der Waals surface area (Å²) in [5.41, 5.74) is 8.23. The summed E-state index contributed by atoms with van der Waals surface area (Å²) in [6, 6.07) is 6.62. The Morgan fingerprint density at radius 1 is 1.21 bits per heavy atom. The van der Waals surface area contributed by atoms with Gasteiger partial charge in [0, 0.05) is 43.8 Å². The molecule has 0 radical (unpaired) electrons. The van der Waals surface area contributed by atoms with Crippen LogP contribution in [0.15, 0.2) is 24.4 Å². The van der Waals surface area contributed by atoms with Crippen molar-refractivity contribution in [1.82, 2.24) is 14.9 Å². The first kappa shape index (κ1) is 26.1. The van der Waals surface area contributed by atoms with Crippen LogP contribution in [0.1, 0.15) is 87.1 Å². The average molecular weight is 532 g/mol. The number of benzene rings is 1. The normalized spacial score (nSPS) is 26.3. The van der Waals surface area contributed by atoms with Gasteiger partial charge in [-0.25, -0.2) is 4.98 Å². The van der Waals surface area contributed by atoms with E-state index in [2.05, 4.69) is 28.1 Å². The Labute approximate surface area is 229 Å². The van der Waals surface area contributed by atoms with Gasteiger partial charge in [-0.3, -0.25) is 9.59 Å². The molecule has 2 amide bonds. The maximum absolute atomic E-state index is 13.1. The first-order chi connectivity index (χ1) is 18.5. The number of aliphatic hydroxyl groups is 1. The van der Waals surface area contributed by atoms with Gasteiger partial charge in [0.1, 0.15) is 5.82 Å². The number of pyridine rings is 1. The van der Waals surface area contributed by atoms with E-state index < -0.39 is 11.5 Å². The SMILES string of the molecule is CN1CC[C@@]2(CCCN(c3ncc(C(N)=O)c4[nH]c5cc(C6CCC(CC(C)(C)O)CC6)ccc5c34)C2)C1=O. The molecular formula is C31H41N5O3. The van der Waals surface area contributed by atoms with E-state index >= 15 is 0 Å². The molecule has 1 aliphatic carbocycles. The maximum atomic E-state index is 13.1. The van der Waals surface area contributed by atoms with Crippen molar-refractivity contribution in [1.29, 1.82) is 0 Å². The molecule has 1 atom stereocenters. The van der Waals surface area contributed by atoms with Crippen LogP contribution in [0.2, 0.25) is 0 Å². The van der Waals surface area contributed by atoms with E-state index in [4.69, 9.17) is 10.7 Å².